The molecule has 0 radical (unpaired) electrons. The molecule has 2 aromatic heterocycles. The topological polar surface area (TPSA) is 225 Å². The number of esters is 1. The maximum atomic E-state index is 11.8. The Labute approximate surface area is 479 Å². The van der Waals surface area contributed by atoms with Gasteiger partial charge in [0.25, 0.3) is 5.56 Å². The van der Waals surface area contributed by atoms with Gasteiger partial charge in [0, 0.05) is 67.7 Å². The molecule has 6 aromatic carbocycles. The summed E-state index contributed by atoms with van der Waals surface area (Å²) in [4.78, 5) is 49.9. The molecule has 0 bridgehead atoms. The summed E-state index contributed by atoms with van der Waals surface area (Å²) >= 11 is 37.6. The van der Waals surface area contributed by atoms with Crippen LogP contribution in [0.3, 0.4) is 0 Å². The van der Waals surface area contributed by atoms with Gasteiger partial charge in [-0.25, -0.2) is 15.0 Å². The van der Waals surface area contributed by atoms with Crippen LogP contribution >= 0.6 is 85.3 Å². The number of H-pyrrole nitrogens is 1. The number of ether oxygens (including phenoxy) is 1. The number of halogens is 7. The molecule has 0 amide bonds. The fraction of sp³-hybridized carbons (Fsp3) is 0.0784. The van der Waals surface area contributed by atoms with Crippen molar-refractivity contribution >= 4 is 103 Å². The van der Waals surface area contributed by atoms with Gasteiger partial charge in [-0.05, 0) is 70.1 Å². The number of methoxy groups -OCH3 is 1. The summed E-state index contributed by atoms with van der Waals surface area (Å²) in [5, 5.41) is 21.3. The van der Waals surface area contributed by atoms with E-state index < -0.39 is 11.2 Å². The first kappa shape index (κ1) is 66.1. The van der Waals surface area contributed by atoms with Crippen LogP contribution in [0, 0.1) is 5.41 Å². The number of ketones is 1. The van der Waals surface area contributed by atoms with E-state index in [9.17, 15) is 18.9 Å². The monoisotopic (exact) mass is 1150 g/mol. The van der Waals surface area contributed by atoms with Gasteiger partial charge in [0.1, 0.15) is 23.2 Å². The second-order valence-electron chi connectivity index (χ2n) is 13.5. The molecule has 0 aliphatic heterocycles. The number of amidine groups is 1. The molecule has 22 heteroatoms. The molecule has 13 nitrogen and oxygen atoms in total. The van der Waals surface area contributed by atoms with Crippen LogP contribution in [-0.4, -0.2) is 64.0 Å². The largest absolute Gasteiger partial charge is 1.00 e. The average Bonchev–Trinajstić information content (AvgIpc) is 3.38. The molecule has 0 spiro atoms. The van der Waals surface area contributed by atoms with Crippen molar-refractivity contribution in [2.45, 2.75) is 6.42 Å². The Balaban J connectivity index is 0.000000472. The van der Waals surface area contributed by atoms with Gasteiger partial charge in [-0.2, -0.15) is 7.11 Å². The van der Waals surface area contributed by atoms with Crippen LogP contribution in [0.5, 0.6) is 0 Å². The normalized spacial score (nSPS) is 9.64. The fourth-order valence-corrected chi connectivity index (χ4v) is 6.26. The Kier molecular flexibility index (Phi) is 32.7. The van der Waals surface area contributed by atoms with Crippen molar-refractivity contribution in [1.29, 1.82) is 5.41 Å². The number of aliphatic hydroxyl groups excluding tert-OH is 1. The summed E-state index contributed by atoms with van der Waals surface area (Å²) in [5.41, 5.74) is 11.2. The number of aliphatic hydroxyl groups is 1. The van der Waals surface area contributed by atoms with Gasteiger partial charge in [0.2, 0.25) is 0 Å². The van der Waals surface area contributed by atoms with Crippen LogP contribution in [0.1, 0.15) is 22.3 Å². The van der Waals surface area contributed by atoms with Crippen molar-refractivity contribution in [3.05, 3.63) is 218 Å². The molecule has 73 heavy (non-hydrogen) atoms. The number of nitrogens with two attached hydrogens (primary N) is 1. The average molecular weight is 1160 g/mol. The number of aromatic nitrogens is 4. The van der Waals surface area contributed by atoms with Gasteiger partial charge < -0.3 is 25.7 Å². The van der Waals surface area contributed by atoms with Crippen molar-refractivity contribution in [3.8, 4) is 45.3 Å². The van der Waals surface area contributed by atoms with Gasteiger partial charge in [-0.1, -0.05) is 174 Å². The van der Waals surface area contributed by atoms with E-state index in [0.717, 1.165) is 42.2 Å². The maximum Gasteiger partial charge on any atom is 1.00 e. The molecule has 376 valence electrons. The van der Waals surface area contributed by atoms with E-state index in [2.05, 4.69) is 58.4 Å². The quantitative estimate of drug-likeness (QED) is 0.0164. The second kappa shape index (κ2) is 36.1. The second-order valence-corrected chi connectivity index (χ2v) is 21.8. The van der Waals surface area contributed by atoms with Crippen molar-refractivity contribution in [1.82, 2.24) is 19.9 Å². The van der Waals surface area contributed by atoms with Crippen LogP contribution < -0.4 is 46.0 Å². The van der Waals surface area contributed by atoms with Crippen molar-refractivity contribution in [2.24, 2.45) is 5.73 Å². The number of rotatable bonds is 8. The van der Waals surface area contributed by atoms with E-state index in [1.165, 1.54) is 13.2 Å². The van der Waals surface area contributed by atoms with E-state index in [1.54, 1.807) is 66.7 Å². The van der Waals surface area contributed by atoms with E-state index in [-0.39, 0.29) is 53.2 Å². The zero-order valence-electron chi connectivity index (χ0n) is 39.4. The number of hydrogen-bond donors (Lipinski definition) is 4. The third-order valence-corrected chi connectivity index (χ3v) is 9.42. The number of hydrogen-bond acceptors (Lipinski definition) is 11. The molecule has 5 N–H and O–H groups in total. The molecule has 0 saturated heterocycles. The molecule has 8 aromatic rings. The Morgan fingerprint density at radius 3 is 1.48 bits per heavy atom. The Morgan fingerprint density at radius 2 is 1.03 bits per heavy atom. The van der Waals surface area contributed by atoms with Gasteiger partial charge in [0.05, 0.1) is 18.5 Å². The Hall–Kier alpha value is -4.93. The zero-order chi connectivity index (χ0) is 53.6. The predicted octanol–water partition coefficient (Wildman–Crippen LogP) is 10.3. The van der Waals surface area contributed by atoms with E-state index >= 15 is 0 Å². The summed E-state index contributed by atoms with van der Waals surface area (Å²) in [6, 6.07) is 52.9. The van der Waals surface area contributed by atoms with Crippen LogP contribution in [0.2, 0.25) is 20.2 Å². The first-order valence-electron chi connectivity index (χ1n) is 20.5. The van der Waals surface area contributed by atoms with Crippen molar-refractivity contribution in [2.75, 3.05) is 21.3 Å². The SMILES string of the molecule is CO.COC(=O)CC(=O)c1ccccc1.C[O-].Clc1cccc(-c2nc(Cl)cc(-c3ccccc3)n2)c1.N=C(N)c1cccc(Cl)c1.O=P(Cl)(Cl)Cl.O=c1cc(-c2ccccc2)nc(-c2cccc(Cl)c2)[nH]1.[Na+]. The number of nitrogens with one attached hydrogen (secondary N) is 2. The third kappa shape index (κ3) is 26.7. The molecule has 8 rings (SSSR count). The first-order valence-corrected chi connectivity index (χ1v) is 26.4. The van der Waals surface area contributed by atoms with Crippen LogP contribution in [0.25, 0.3) is 45.3 Å². The molecular formula is C51H45Cl7N6NaO7P. The number of carbonyl (C=O) groups is 2. The summed E-state index contributed by atoms with van der Waals surface area (Å²) < 4.78 is 13.9. The molecule has 0 atom stereocenters. The van der Waals surface area contributed by atoms with Crippen molar-refractivity contribution in [3.63, 3.8) is 0 Å². The van der Waals surface area contributed by atoms with E-state index in [0.29, 0.717) is 48.7 Å². The van der Waals surface area contributed by atoms with E-state index in [4.69, 9.17) is 67.8 Å². The van der Waals surface area contributed by atoms with Crippen molar-refractivity contribution < 1.29 is 58.7 Å². The number of nitrogen functional groups attached to an aromatic ring is 1. The summed E-state index contributed by atoms with van der Waals surface area (Å²) in [6.45, 7) is 0. The molecule has 2 heterocycles. The molecular weight excluding hydrogens is 1110 g/mol. The number of carbonyl (C=O) groups excluding carboxylic acids is 2. The minimum atomic E-state index is -3.22. The fourth-order valence-electron chi connectivity index (χ4n) is 5.50. The van der Waals surface area contributed by atoms with Gasteiger partial charge in [-0.3, -0.25) is 24.4 Å². The predicted molar refractivity (Wildman–Crippen MR) is 293 cm³/mol. The van der Waals surface area contributed by atoms with Crippen LogP contribution in [-0.2, 0) is 14.1 Å². The smallest absolute Gasteiger partial charge is 0.857 e. The molecule has 0 fully saturated rings. The first-order chi connectivity index (χ1) is 34.4. The van der Waals surface area contributed by atoms with Crippen LogP contribution in [0.15, 0.2) is 181 Å². The minimum Gasteiger partial charge on any atom is -0.857 e. The molecule has 0 unspecified atom stereocenters. The summed E-state index contributed by atoms with van der Waals surface area (Å²) in [6.07, 6.45) is -0.194. The maximum absolute atomic E-state index is 11.8. The summed E-state index contributed by atoms with van der Waals surface area (Å²) in [5.74, 6) is 0.404. The third-order valence-electron chi connectivity index (χ3n) is 8.52. The Morgan fingerprint density at radius 1 is 0.616 bits per heavy atom. The van der Waals surface area contributed by atoms with Gasteiger partial charge in [0.15, 0.2) is 11.6 Å². The van der Waals surface area contributed by atoms with Gasteiger partial charge in [-0.15, -0.1) is 0 Å². The number of aromatic amines is 1. The molecule has 0 aliphatic rings. The van der Waals surface area contributed by atoms with E-state index in [1.807, 2.05) is 103 Å². The molecule has 0 aliphatic carbocycles. The standard InChI is InChI=1S/C16H10Cl2N2.C16H11ClN2O.C10H10O3.C7H7ClN2.CH4O.CH3O.Cl3OP.Na/c17-13-8-4-7-12(9-13)16-19-14(10-15(18)20-16)11-5-2-1-3-6-11;17-13-8-4-7-12(9-13)16-18-14(10-15(20)19-16)11-5-2-1-3-6-11;1-13-10(12)7-9(11)8-5-3-2-4-6-8;8-6-3-1-2-5(4-6)7(9)10;2*1-2;1-5(2,3)4;/h1-10H;1-10H,(H,18,19,20);2-6H,7H2,1H3;1-4H,(H3,9,10);2H,1H3;1H3;;/q;;;;;-1;;+1. The molecule has 0 saturated carbocycles. The van der Waals surface area contributed by atoms with Gasteiger partial charge >= 0.3 is 40.7 Å². The zero-order valence-corrected chi connectivity index (χ0v) is 47.5. The van der Waals surface area contributed by atoms with Crippen LogP contribution in [0.4, 0.5) is 0 Å². The number of nitrogens with zero attached hydrogens (tertiary/aromatic N) is 3. The number of Topliss-reactive ketones (excluding diaryl/α,β-unsaturated/α-hetero) is 1. The summed E-state index contributed by atoms with van der Waals surface area (Å²) in [7, 11) is 3.01. The number of benzene rings is 6. The minimum absolute atomic E-state index is 0. The Bertz CT molecular complexity index is 3050.